The topological polar surface area (TPSA) is 56.7 Å². The second kappa shape index (κ2) is 2.72. The molecule has 0 aromatic carbocycles. The molecule has 0 spiro atoms. The largest absolute Gasteiger partial charge is 0.369 e. The molecule has 4 nitrogen and oxygen atoms in total. The average Bonchev–Trinajstić information content (AvgIpc) is 2.78. The Morgan fingerprint density at radius 2 is 2.27 bits per heavy atom. The van der Waals surface area contributed by atoms with Gasteiger partial charge in [0.25, 0.3) is 0 Å². The van der Waals surface area contributed by atoms with Crippen molar-refractivity contribution in [3.63, 3.8) is 0 Å². The normalized spacial score (nSPS) is 24.7. The van der Waals surface area contributed by atoms with Gasteiger partial charge in [0.05, 0.1) is 0 Å². The van der Waals surface area contributed by atoms with Gasteiger partial charge in [-0.2, -0.15) is 0 Å². The molecule has 0 radical (unpaired) electrons. The van der Waals surface area contributed by atoms with Gasteiger partial charge in [0.2, 0.25) is 5.95 Å². The standard InChI is InChI=1S/C11H14N4/c1-6-3-4-13-10-9(6)14-11(12)15(10)8-5-7(8)2/h3-4,7-8H,5H2,1-2H3,(H2,12,14). The Bertz CT molecular complexity index is 529. The first-order valence-electron chi connectivity index (χ1n) is 5.27. The number of aromatic nitrogens is 3. The van der Waals surface area contributed by atoms with Crippen molar-refractivity contribution in [2.24, 2.45) is 5.92 Å². The number of nitrogen functional groups attached to an aromatic ring is 1. The number of nitrogens with two attached hydrogens (primary N) is 1. The van der Waals surface area contributed by atoms with E-state index in [2.05, 4.69) is 21.5 Å². The Morgan fingerprint density at radius 3 is 2.93 bits per heavy atom. The lowest BCUT2D eigenvalue weighted by Crippen LogP contribution is -2.02. The number of nitrogens with zero attached hydrogens (tertiary/aromatic N) is 3. The molecule has 0 aliphatic heterocycles. The quantitative estimate of drug-likeness (QED) is 0.768. The van der Waals surface area contributed by atoms with Crippen molar-refractivity contribution < 1.29 is 0 Å². The van der Waals surface area contributed by atoms with Crippen LogP contribution in [0.15, 0.2) is 12.3 Å². The number of anilines is 1. The van der Waals surface area contributed by atoms with Gasteiger partial charge in [0.1, 0.15) is 5.52 Å². The third-order valence-electron chi connectivity index (χ3n) is 3.21. The highest BCUT2D eigenvalue weighted by Gasteiger charge is 2.37. The minimum Gasteiger partial charge on any atom is -0.369 e. The highest BCUT2D eigenvalue weighted by molar-refractivity contribution is 5.77. The van der Waals surface area contributed by atoms with Crippen molar-refractivity contribution in [1.29, 1.82) is 0 Å². The molecular formula is C11H14N4. The average molecular weight is 202 g/mol. The Kier molecular flexibility index (Phi) is 1.58. The minimum absolute atomic E-state index is 0.504. The van der Waals surface area contributed by atoms with Gasteiger partial charge in [0.15, 0.2) is 5.65 Å². The van der Waals surface area contributed by atoms with Crippen LogP contribution in [0.2, 0.25) is 0 Å². The second-order valence-electron chi connectivity index (χ2n) is 4.42. The van der Waals surface area contributed by atoms with E-state index in [1.54, 1.807) is 0 Å². The Hall–Kier alpha value is -1.58. The second-order valence-corrected chi connectivity index (χ2v) is 4.42. The summed E-state index contributed by atoms with van der Waals surface area (Å²) in [5.74, 6) is 1.30. The minimum atomic E-state index is 0.504. The molecule has 2 aromatic heterocycles. The molecule has 78 valence electrons. The van der Waals surface area contributed by atoms with Gasteiger partial charge in [-0.25, -0.2) is 9.97 Å². The molecule has 1 aliphatic rings. The van der Waals surface area contributed by atoms with E-state index >= 15 is 0 Å². The van der Waals surface area contributed by atoms with Gasteiger partial charge >= 0.3 is 0 Å². The molecule has 0 saturated heterocycles. The van der Waals surface area contributed by atoms with Crippen LogP contribution in [0.3, 0.4) is 0 Å². The Labute approximate surface area is 88.1 Å². The predicted molar refractivity (Wildman–Crippen MR) is 59.5 cm³/mol. The molecule has 4 heteroatoms. The number of rotatable bonds is 1. The lowest BCUT2D eigenvalue weighted by Gasteiger charge is -2.03. The third-order valence-corrected chi connectivity index (χ3v) is 3.21. The molecule has 1 aliphatic carbocycles. The van der Waals surface area contributed by atoms with E-state index in [0.717, 1.165) is 16.7 Å². The van der Waals surface area contributed by atoms with Crippen LogP contribution in [0.5, 0.6) is 0 Å². The summed E-state index contributed by atoms with van der Waals surface area (Å²) in [7, 11) is 0. The lowest BCUT2D eigenvalue weighted by molar-refractivity contribution is 0.708. The van der Waals surface area contributed by atoms with E-state index in [-0.39, 0.29) is 0 Å². The fourth-order valence-electron chi connectivity index (χ4n) is 2.12. The molecule has 2 heterocycles. The zero-order chi connectivity index (χ0) is 10.6. The van der Waals surface area contributed by atoms with Crippen molar-refractivity contribution in [3.8, 4) is 0 Å². The molecule has 0 amide bonds. The number of aryl methyl sites for hydroxylation is 1. The van der Waals surface area contributed by atoms with E-state index in [0.29, 0.717) is 17.9 Å². The Morgan fingerprint density at radius 1 is 1.53 bits per heavy atom. The fraction of sp³-hybridized carbons (Fsp3) is 0.455. The zero-order valence-corrected chi connectivity index (χ0v) is 8.94. The molecule has 0 bridgehead atoms. The van der Waals surface area contributed by atoms with Crippen LogP contribution in [-0.2, 0) is 0 Å². The molecule has 1 saturated carbocycles. The molecule has 2 N–H and O–H groups in total. The van der Waals surface area contributed by atoms with Crippen LogP contribution in [0.4, 0.5) is 5.95 Å². The van der Waals surface area contributed by atoms with Gasteiger partial charge in [-0.3, -0.25) is 4.57 Å². The summed E-state index contributed by atoms with van der Waals surface area (Å²) < 4.78 is 2.08. The van der Waals surface area contributed by atoms with Crippen LogP contribution in [0.25, 0.3) is 11.2 Å². The monoisotopic (exact) mass is 202 g/mol. The van der Waals surface area contributed by atoms with Crippen LogP contribution in [0.1, 0.15) is 24.9 Å². The van der Waals surface area contributed by atoms with Gasteiger partial charge in [0, 0.05) is 12.2 Å². The van der Waals surface area contributed by atoms with E-state index < -0.39 is 0 Å². The number of pyridine rings is 1. The third kappa shape index (κ3) is 1.14. The first-order valence-corrected chi connectivity index (χ1v) is 5.27. The molecule has 15 heavy (non-hydrogen) atoms. The van der Waals surface area contributed by atoms with E-state index in [1.165, 1.54) is 6.42 Å². The number of hydrogen-bond acceptors (Lipinski definition) is 3. The Balaban J connectivity index is 2.29. The maximum Gasteiger partial charge on any atom is 0.202 e. The molecular weight excluding hydrogens is 188 g/mol. The maximum atomic E-state index is 5.94. The molecule has 2 aromatic rings. The molecule has 3 rings (SSSR count). The van der Waals surface area contributed by atoms with Crippen LogP contribution in [0, 0.1) is 12.8 Å². The van der Waals surface area contributed by atoms with Crippen molar-refractivity contribution >= 4 is 17.1 Å². The fourth-order valence-corrected chi connectivity index (χ4v) is 2.12. The summed E-state index contributed by atoms with van der Waals surface area (Å²) in [5.41, 5.74) is 8.95. The molecule has 2 unspecified atom stereocenters. The summed E-state index contributed by atoms with van der Waals surface area (Å²) in [6, 6.07) is 2.47. The smallest absolute Gasteiger partial charge is 0.202 e. The highest BCUT2D eigenvalue weighted by Crippen LogP contribution is 2.45. The van der Waals surface area contributed by atoms with Crippen molar-refractivity contribution in [1.82, 2.24) is 14.5 Å². The van der Waals surface area contributed by atoms with E-state index in [1.807, 2.05) is 19.2 Å². The zero-order valence-electron chi connectivity index (χ0n) is 8.94. The van der Waals surface area contributed by atoms with E-state index in [9.17, 15) is 0 Å². The van der Waals surface area contributed by atoms with Gasteiger partial charge in [-0.05, 0) is 30.9 Å². The van der Waals surface area contributed by atoms with Crippen molar-refractivity contribution in [3.05, 3.63) is 17.8 Å². The summed E-state index contributed by atoms with van der Waals surface area (Å²) in [6.07, 6.45) is 3.01. The van der Waals surface area contributed by atoms with Gasteiger partial charge in [-0.15, -0.1) is 0 Å². The van der Waals surface area contributed by atoms with Gasteiger partial charge < -0.3 is 5.73 Å². The number of fused-ring (bicyclic) bond motifs is 1. The van der Waals surface area contributed by atoms with E-state index in [4.69, 9.17) is 5.73 Å². The lowest BCUT2D eigenvalue weighted by atomic mass is 10.3. The van der Waals surface area contributed by atoms with Gasteiger partial charge in [-0.1, -0.05) is 6.92 Å². The first kappa shape index (κ1) is 8.71. The summed E-state index contributed by atoms with van der Waals surface area (Å²) >= 11 is 0. The summed E-state index contributed by atoms with van der Waals surface area (Å²) in [6.45, 7) is 4.27. The number of imidazole rings is 1. The van der Waals surface area contributed by atoms with Crippen molar-refractivity contribution in [2.75, 3.05) is 5.73 Å². The number of hydrogen-bond donors (Lipinski definition) is 1. The molecule has 2 atom stereocenters. The SMILES string of the molecule is Cc1ccnc2c1nc(N)n2C1CC1C. The van der Waals surface area contributed by atoms with Crippen molar-refractivity contribution in [2.45, 2.75) is 26.3 Å². The molecule has 1 fully saturated rings. The summed E-state index contributed by atoms with van der Waals surface area (Å²) in [4.78, 5) is 8.77. The van der Waals surface area contributed by atoms with Crippen LogP contribution in [-0.4, -0.2) is 14.5 Å². The predicted octanol–water partition coefficient (Wildman–Crippen LogP) is 1.90. The van der Waals surface area contributed by atoms with Crippen LogP contribution >= 0.6 is 0 Å². The van der Waals surface area contributed by atoms with Crippen LogP contribution < -0.4 is 5.73 Å². The summed E-state index contributed by atoms with van der Waals surface area (Å²) in [5, 5.41) is 0. The highest BCUT2D eigenvalue weighted by atomic mass is 15.2. The first-order chi connectivity index (χ1) is 7.18. The maximum absolute atomic E-state index is 5.94.